The molecular weight excluding hydrogens is 1120 g/mol. The van der Waals surface area contributed by atoms with Crippen molar-refractivity contribution in [2.24, 2.45) is 0 Å². The summed E-state index contributed by atoms with van der Waals surface area (Å²) in [5, 5.41) is 199. The standard InChI is InChI=1S/C43H70O36S/c1-80(62,63)64-8-15-33-21(55)27(61)42(71-15)76-31-11(4-46)67-39(24(58)18(31)52)74-29-9(2-44)65-37(22(56)16(29)50)73-28-10(3-45)66-38(23(57)17(28)51)75-30-12(5-47)69-41(26(60)19(30)53)79-34-14(7-49)70-43(36-35(34)72-36)78-32-13(6-48)68-40(77-33)25(59)20(32)54/h9-61H,2-8H2,1H3/t9-,10-,11-,12-,13-,14-,15-,16-,17-,18-,19-,20-,21-,22-,23-,24-,25-,26-,27-,28-,29-,30-,31-,32-,33-,34-,35-,36+,37-,38-,39-,40-,41-,42-,43-/m1/s1. The number of aliphatic hydroxyl groups excluding tert-OH is 18. The molecule has 0 unspecified atom stereocenters. The van der Waals surface area contributed by atoms with E-state index in [4.69, 9.17) is 75.2 Å². The Morgan fingerprint density at radius 2 is 0.475 bits per heavy atom. The highest BCUT2D eigenvalue weighted by Crippen LogP contribution is 2.44. The van der Waals surface area contributed by atoms with Crippen LogP contribution in [0.25, 0.3) is 0 Å². The van der Waals surface area contributed by atoms with Crippen LogP contribution < -0.4 is 0 Å². The van der Waals surface area contributed by atoms with Gasteiger partial charge in [0.2, 0.25) is 0 Å². The van der Waals surface area contributed by atoms with E-state index < -0.39 is 271 Å². The lowest BCUT2D eigenvalue weighted by molar-refractivity contribution is -0.396. The highest BCUT2D eigenvalue weighted by atomic mass is 32.2. The number of hydrogen-bond donors (Lipinski definition) is 18. The molecule has 0 aromatic rings. The first-order valence-electron chi connectivity index (χ1n) is 25.5. The van der Waals surface area contributed by atoms with Crippen molar-refractivity contribution in [1.29, 1.82) is 0 Å². The number of rotatable bonds is 9. The predicted molar refractivity (Wildman–Crippen MR) is 239 cm³/mol. The van der Waals surface area contributed by atoms with Crippen LogP contribution in [0.5, 0.6) is 0 Å². The first-order valence-corrected chi connectivity index (χ1v) is 27.3. The summed E-state index contributed by atoms with van der Waals surface area (Å²) >= 11 is 0. The Morgan fingerprint density at radius 3 is 0.738 bits per heavy atom. The van der Waals surface area contributed by atoms with Gasteiger partial charge in [-0.2, -0.15) is 8.42 Å². The summed E-state index contributed by atoms with van der Waals surface area (Å²) in [6.07, 6.45) is -65.6. The maximum absolute atomic E-state index is 12.2. The minimum absolute atomic E-state index is 0.640. The van der Waals surface area contributed by atoms with Gasteiger partial charge >= 0.3 is 0 Å². The summed E-state index contributed by atoms with van der Waals surface area (Å²) < 4.78 is 116. The van der Waals surface area contributed by atoms with E-state index in [1.807, 2.05) is 0 Å². The van der Waals surface area contributed by atoms with E-state index >= 15 is 0 Å². The van der Waals surface area contributed by atoms with Gasteiger partial charge in [0.15, 0.2) is 44.0 Å². The molecule has 0 radical (unpaired) electrons. The smallest absolute Gasteiger partial charge is 0.264 e. The third-order valence-electron chi connectivity index (χ3n) is 15.2. The summed E-state index contributed by atoms with van der Waals surface area (Å²) in [5.41, 5.74) is 0. The van der Waals surface area contributed by atoms with Crippen LogP contribution in [0, 0.1) is 0 Å². The molecule has 80 heavy (non-hydrogen) atoms. The summed E-state index contributed by atoms with van der Waals surface area (Å²) in [7, 11) is -4.33. The number of hydrogen-bond acceptors (Lipinski definition) is 36. The second-order valence-electron chi connectivity index (χ2n) is 20.5. The number of aliphatic hydroxyl groups is 18. The van der Waals surface area contributed by atoms with Crippen LogP contribution in [0.4, 0.5) is 0 Å². The topological polar surface area (TPSA) is 549 Å². The zero-order chi connectivity index (χ0) is 58.0. The molecule has 0 amide bonds. The zero-order valence-corrected chi connectivity index (χ0v) is 42.8. The van der Waals surface area contributed by atoms with Crippen LogP contribution in [0.3, 0.4) is 0 Å². The van der Waals surface area contributed by atoms with Crippen molar-refractivity contribution in [3.8, 4) is 0 Å². The lowest BCUT2D eigenvalue weighted by Crippen LogP contribution is -2.68. The predicted octanol–water partition coefficient (Wildman–Crippen LogP) is -14.2. The van der Waals surface area contributed by atoms with Gasteiger partial charge in [-0.1, -0.05) is 0 Å². The summed E-state index contributed by atoms with van der Waals surface area (Å²) in [4.78, 5) is 0. The van der Waals surface area contributed by atoms with Crippen molar-refractivity contribution in [1.82, 2.24) is 0 Å². The fourth-order valence-electron chi connectivity index (χ4n) is 10.8. The maximum atomic E-state index is 12.2. The molecule has 14 bridgehead atoms. The molecule has 21 fully saturated rings. The molecule has 21 rings (SSSR count). The fourth-order valence-corrected chi connectivity index (χ4v) is 11.2. The highest BCUT2D eigenvalue weighted by Gasteiger charge is 2.63. The lowest BCUT2D eigenvalue weighted by Gasteiger charge is -2.50. The monoisotopic (exact) mass is 1190 g/mol. The third-order valence-corrected chi connectivity index (χ3v) is 15.8. The van der Waals surface area contributed by atoms with E-state index in [1.54, 1.807) is 0 Å². The largest absolute Gasteiger partial charge is 0.394 e. The maximum Gasteiger partial charge on any atom is 0.264 e. The van der Waals surface area contributed by atoms with Crippen molar-refractivity contribution in [2.75, 3.05) is 52.5 Å². The van der Waals surface area contributed by atoms with E-state index in [0.29, 0.717) is 6.26 Å². The number of fused-ring (bicyclic) bond motifs is 1. The Kier molecular flexibility index (Phi) is 20.4. The molecule has 37 heteroatoms. The molecule has 21 aliphatic rings. The summed E-state index contributed by atoms with van der Waals surface area (Å²) in [6.45, 7) is -7.00. The number of ether oxygens (including phenoxy) is 15. The van der Waals surface area contributed by atoms with E-state index in [1.165, 1.54) is 0 Å². The van der Waals surface area contributed by atoms with Crippen molar-refractivity contribution >= 4 is 10.1 Å². The van der Waals surface area contributed by atoms with Gasteiger partial charge in [-0.3, -0.25) is 4.18 Å². The van der Waals surface area contributed by atoms with Gasteiger partial charge in [-0.25, -0.2) is 0 Å². The Morgan fingerprint density at radius 1 is 0.263 bits per heavy atom. The van der Waals surface area contributed by atoms with E-state index in [0.717, 1.165) is 0 Å². The summed E-state index contributed by atoms with van der Waals surface area (Å²) in [6, 6.07) is 0. The zero-order valence-electron chi connectivity index (χ0n) is 42.0. The van der Waals surface area contributed by atoms with Gasteiger partial charge in [-0.05, 0) is 0 Å². The molecule has 464 valence electrons. The van der Waals surface area contributed by atoms with Gasteiger partial charge in [0.05, 0.1) is 52.5 Å². The fraction of sp³-hybridized carbons (Fsp3) is 1.00. The van der Waals surface area contributed by atoms with Crippen LogP contribution in [-0.2, 0) is 85.4 Å². The molecule has 21 heterocycles. The average Bonchev–Trinajstić information content (AvgIpc) is 4.32. The molecule has 21 saturated heterocycles. The van der Waals surface area contributed by atoms with E-state index in [-0.39, 0.29) is 0 Å². The van der Waals surface area contributed by atoms with Gasteiger partial charge in [-0.15, -0.1) is 0 Å². The van der Waals surface area contributed by atoms with Crippen molar-refractivity contribution in [2.45, 2.75) is 215 Å². The molecule has 36 nitrogen and oxygen atoms in total. The van der Waals surface area contributed by atoms with Gasteiger partial charge in [0, 0.05) is 0 Å². The first-order chi connectivity index (χ1) is 38.0. The van der Waals surface area contributed by atoms with Crippen molar-refractivity contribution in [3.63, 3.8) is 0 Å². The van der Waals surface area contributed by atoms with Crippen LogP contribution in [0.1, 0.15) is 0 Å². The van der Waals surface area contributed by atoms with Crippen LogP contribution in [-0.4, -0.2) is 368 Å². The van der Waals surface area contributed by atoms with Gasteiger partial charge < -0.3 is 163 Å². The summed E-state index contributed by atoms with van der Waals surface area (Å²) in [5.74, 6) is 0. The first kappa shape index (κ1) is 63.1. The molecule has 18 N–H and O–H groups in total. The second kappa shape index (κ2) is 25.9. The molecule has 0 aliphatic carbocycles. The quantitative estimate of drug-likeness (QED) is 0.0753. The molecule has 21 aliphatic heterocycles. The van der Waals surface area contributed by atoms with Crippen molar-refractivity contribution < 1.29 is 176 Å². The van der Waals surface area contributed by atoms with Gasteiger partial charge in [0.1, 0.15) is 171 Å². The Bertz CT molecular complexity index is 2100. The molecule has 0 spiro atoms. The van der Waals surface area contributed by atoms with E-state index in [9.17, 15) is 100 Å². The highest BCUT2D eigenvalue weighted by molar-refractivity contribution is 7.85. The Labute approximate surface area is 452 Å². The minimum Gasteiger partial charge on any atom is -0.394 e. The number of epoxide rings is 1. The molecule has 0 aromatic carbocycles. The molecule has 35 atom stereocenters. The second-order valence-corrected chi connectivity index (χ2v) is 22.2. The average molecular weight is 1200 g/mol. The molecule has 0 aromatic heterocycles. The SMILES string of the molecule is CS(=O)(=O)OC[C@H]1O[C@@H]2O[C@H]3[C@H](O)[C@@H](O)[C@@H](O[C@H]4[C@H](O)[C@@H](O)[C@@H](O[C@H]5[C@H](O)[C@@H](O)[C@@H](O[C@H]6[C@H](O)[C@@H](O)[C@@H](O[C@H]7[C@H]8O[C@@H]8[C@@H](O[C@H]8[C@H](O)[C@@H](O)[C@@H](O[C@H]1[C@H](O)[C@H]2O)O[C@@H]8CO)O[C@@H]7CO)O[C@@H]6CO)O[C@@H]5CO)O[C@@H]4CO)O[C@@H]3CO. The lowest BCUT2D eigenvalue weighted by atomic mass is 9.95. The van der Waals surface area contributed by atoms with Crippen LogP contribution in [0.15, 0.2) is 0 Å². The normalized spacial score (nSPS) is 54.3. The Hall–Kier alpha value is -1.41. The van der Waals surface area contributed by atoms with E-state index in [2.05, 4.69) is 0 Å². The molecular formula is C43H70O36S. The van der Waals surface area contributed by atoms with Crippen LogP contribution >= 0.6 is 0 Å². The third kappa shape index (κ3) is 12.6. The van der Waals surface area contributed by atoms with Crippen molar-refractivity contribution in [3.05, 3.63) is 0 Å². The molecule has 0 saturated carbocycles. The van der Waals surface area contributed by atoms with Crippen LogP contribution in [0.2, 0.25) is 0 Å². The minimum atomic E-state index is -4.33. The van der Waals surface area contributed by atoms with Gasteiger partial charge in [0.25, 0.3) is 10.1 Å². The Balaban J connectivity index is 1.00.